The fourth-order valence-corrected chi connectivity index (χ4v) is 3.38. The van der Waals surface area contributed by atoms with Gasteiger partial charge in [-0.15, -0.1) is 0 Å². The Balaban J connectivity index is 1.72. The van der Waals surface area contributed by atoms with E-state index < -0.39 is 0 Å². The number of para-hydroxylation sites is 1. The number of fused-ring (bicyclic) bond motifs is 6. The number of furan rings is 2. The summed E-state index contributed by atoms with van der Waals surface area (Å²) < 4.78 is 12.2. The third-order valence-electron chi connectivity index (χ3n) is 5.05. The van der Waals surface area contributed by atoms with E-state index in [9.17, 15) is 0 Å². The second kappa shape index (κ2) is 5.68. The van der Waals surface area contributed by atoms with E-state index in [1.54, 1.807) is 0 Å². The highest BCUT2D eigenvalue weighted by atomic mass is 16.3. The molecule has 0 aliphatic carbocycles. The molecule has 2 heteroatoms. The van der Waals surface area contributed by atoms with Crippen LogP contribution in [-0.2, 0) is 0 Å². The Morgan fingerprint density at radius 2 is 1.42 bits per heavy atom. The van der Waals surface area contributed by atoms with Gasteiger partial charge in [0.1, 0.15) is 22.3 Å². The van der Waals surface area contributed by atoms with Gasteiger partial charge < -0.3 is 8.83 Å². The highest BCUT2D eigenvalue weighted by Crippen LogP contribution is 2.36. The van der Waals surface area contributed by atoms with Crippen molar-refractivity contribution in [2.24, 2.45) is 5.92 Å². The van der Waals surface area contributed by atoms with Crippen LogP contribution in [-0.4, -0.2) is 0 Å². The van der Waals surface area contributed by atoms with Gasteiger partial charge in [0.05, 0.1) is 0 Å². The maximum absolute atomic E-state index is 6.14. The second-order valence-electron chi connectivity index (χ2n) is 6.83. The normalized spacial score (nSPS) is 12.7. The molecular formula is C24H18O2. The standard InChI is InChI=1S/C24H18O2/c1-3-15(2)8-9-16-10-11-18-20-14-23-19(13-24(20)26-22(18)12-16)17-6-4-5-7-21(17)25-23/h4-7,10-15H,3H2,1-2H3. The molecule has 0 amide bonds. The Morgan fingerprint density at radius 3 is 2.19 bits per heavy atom. The monoisotopic (exact) mass is 338 g/mol. The average molecular weight is 338 g/mol. The summed E-state index contributed by atoms with van der Waals surface area (Å²) in [5, 5.41) is 4.37. The molecule has 2 heterocycles. The number of hydrogen-bond acceptors (Lipinski definition) is 2. The molecule has 0 radical (unpaired) electrons. The molecule has 126 valence electrons. The van der Waals surface area contributed by atoms with Crippen molar-refractivity contribution in [3.63, 3.8) is 0 Å². The molecule has 0 saturated heterocycles. The first-order valence-electron chi connectivity index (χ1n) is 9.02. The van der Waals surface area contributed by atoms with Crippen molar-refractivity contribution < 1.29 is 8.83 Å². The average Bonchev–Trinajstić information content (AvgIpc) is 3.21. The van der Waals surface area contributed by atoms with Gasteiger partial charge in [0.2, 0.25) is 0 Å². The predicted octanol–water partition coefficient (Wildman–Crippen LogP) is 6.88. The van der Waals surface area contributed by atoms with E-state index >= 15 is 0 Å². The van der Waals surface area contributed by atoms with Crippen molar-refractivity contribution in [1.29, 1.82) is 0 Å². The minimum atomic E-state index is 0.404. The largest absolute Gasteiger partial charge is 0.456 e. The van der Waals surface area contributed by atoms with Crippen LogP contribution in [0.4, 0.5) is 0 Å². The summed E-state index contributed by atoms with van der Waals surface area (Å²) in [7, 11) is 0. The lowest BCUT2D eigenvalue weighted by Crippen LogP contribution is -1.85. The maximum Gasteiger partial charge on any atom is 0.136 e. The first kappa shape index (κ1) is 15.1. The predicted molar refractivity (Wildman–Crippen MR) is 107 cm³/mol. The van der Waals surface area contributed by atoms with Gasteiger partial charge in [-0.1, -0.05) is 43.9 Å². The zero-order valence-corrected chi connectivity index (χ0v) is 14.8. The number of benzene rings is 3. The SMILES string of the molecule is CCC(C)C#Cc1ccc2c(c1)oc1cc3c(cc12)oc1ccccc13. The van der Waals surface area contributed by atoms with Crippen LogP contribution in [0.5, 0.6) is 0 Å². The van der Waals surface area contributed by atoms with Crippen LogP contribution in [0.25, 0.3) is 43.9 Å². The van der Waals surface area contributed by atoms with E-state index in [0.29, 0.717) is 5.92 Å². The van der Waals surface area contributed by atoms with Crippen molar-refractivity contribution in [3.05, 3.63) is 60.2 Å². The molecule has 26 heavy (non-hydrogen) atoms. The quantitative estimate of drug-likeness (QED) is 0.311. The highest BCUT2D eigenvalue weighted by molar-refractivity contribution is 6.14. The van der Waals surface area contributed by atoms with Gasteiger partial charge in [0.25, 0.3) is 0 Å². The van der Waals surface area contributed by atoms with Gasteiger partial charge in [-0.2, -0.15) is 0 Å². The van der Waals surface area contributed by atoms with Crippen LogP contribution < -0.4 is 0 Å². The lowest BCUT2D eigenvalue weighted by molar-refractivity contribution is 0.664. The van der Waals surface area contributed by atoms with Crippen molar-refractivity contribution in [2.45, 2.75) is 20.3 Å². The van der Waals surface area contributed by atoms with Gasteiger partial charge >= 0.3 is 0 Å². The Labute approximate surface area is 151 Å². The first-order chi connectivity index (χ1) is 12.7. The van der Waals surface area contributed by atoms with E-state index in [-0.39, 0.29) is 0 Å². The van der Waals surface area contributed by atoms with E-state index in [1.165, 1.54) is 0 Å². The molecule has 1 unspecified atom stereocenters. The fourth-order valence-electron chi connectivity index (χ4n) is 3.38. The molecule has 5 rings (SSSR count). The molecule has 0 saturated carbocycles. The Morgan fingerprint density at radius 1 is 0.769 bits per heavy atom. The lowest BCUT2D eigenvalue weighted by Gasteiger charge is -1.95. The van der Waals surface area contributed by atoms with Gasteiger partial charge in [0, 0.05) is 33.0 Å². The van der Waals surface area contributed by atoms with Crippen molar-refractivity contribution in [1.82, 2.24) is 0 Å². The third-order valence-corrected chi connectivity index (χ3v) is 5.05. The number of hydrogen-bond donors (Lipinski definition) is 0. The van der Waals surface area contributed by atoms with E-state index in [1.807, 2.05) is 24.3 Å². The summed E-state index contributed by atoms with van der Waals surface area (Å²) >= 11 is 0. The zero-order valence-electron chi connectivity index (χ0n) is 14.8. The van der Waals surface area contributed by atoms with Crippen LogP contribution in [0.15, 0.2) is 63.4 Å². The second-order valence-corrected chi connectivity index (χ2v) is 6.83. The minimum Gasteiger partial charge on any atom is -0.456 e. The summed E-state index contributed by atoms with van der Waals surface area (Å²) in [6.45, 7) is 4.30. The fraction of sp³-hybridized carbons (Fsp3) is 0.167. The van der Waals surface area contributed by atoms with Crippen molar-refractivity contribution >= 4 is 43.9 Å². The van der Waals surface area contributed by atoms with Gasteiger partial charge in [-0.05, 0) is 42.8 Å². The van der Waals surface area contributed by atoms with Gasteiger partial charge in [-0.25, -0.2) is 0 Å². The Bertz CT molecular complexity index is 1340. The molecule has 0 spiro atoms. The smallest absolute Gasteiger partial charge is 0.136 e. The molecular weight excluding hydrogens is 320 g/mol. The molecule has 0 bridgehead atoms. The third kappa shape index (κ3) is 2.29. The van der Waals surface area contributed by atoms with Crippen LogP contribution in [0.3, 0.4) is 0 Å². The van der Waals surface area contributed by atoms with Crippen LogP contribution in [0, 0.1) is 17.8 Å². The zero-order chi connectivity index (χ0) is 17.7. The Kier molecular flexibility index (Phi) is 3.30. The van der Waals surface area contributed by atoms with Gasteiger partial charge in [0.15, 0.2) is 0 Å². The molecule has 0 aliphatic rings. The molecule has 0 aliphatic heterocycles. The molecule has 2 aromatic heterocycles. The molecule has 2 nitrogen and oxygen atoms in total. The first-order valence-corrected chi connectivity index (χ1v) is 9.02. The number of rotatable bonds is 1. The molecule has 0 N–H and O–H groups in total. The van der Waals surface area contributed by atoms with E-state index in [0.717, 1.165) is 55.9 Å². The molecule has 5 aromatic rings. The lowest BCUT2D eigenvalue weighted by atomic mass is 10.1. The molecule has 3 aromatic carbocycles. The summed E-state index contributed by atoms with van der Waals surface area (Å²) in [6, 6.07) is 18.5. The van der Waals surface area contributed by atoms with Gasteiger partial charge in [-0.3, -0.25) is 0 Å². The summed E-state index contributed by atoms with van der Waals surface area (Å²) in [5.41, 5.74) is 4.54. The topological polar surface area (TPSA) is 26.3 Å². The van der Waals surface area contributed by atoms with E-state index in [2.05, 4.69) is 56.0 Å². The Hall–Kier alpha value is -3.18. The van der Waals surface area contributed by atoms with Crippen molar-refractivity contribution in [3.8, 4) is 11.8 Å². The van der Waals surface area contributed by atoms with Crippen molar-refractivity contribution in [2.75, 3.05) is 0 Å². The maximum atomic E-state index is 6.14. The van der Waals surface area contributed by atoms with E-state index in [4.69, 9.17) is 8.83 Å². The van der Waals surface area contributed by atoms with Crippen LogP contribution >= 0.6 is 0 Å². The highest BCUT2D eigenvalue weighted by Gasteiger charge is 2.13. The summed E-state index contributed by atoms with van der Waals surface area (Å²) in [5.74, 6) is 6.94. The molecule has 0 fully saturated rings. The summed E-state index contributed by atoms with van der Waals surface area (Å²) in [6.07, 6.45) is 1.06. The summed E-state index contributed by atoms with van der Waals surface area (Å²) in [4.78, 5) is 0. The van der Waals surface area contributed by atoms with Crippen LogP contribution in [0.1, 0.15) is 25.8 Å². The molecule has 1 atom stereocenters. The minimum absolute atomic E-state index is 0.404. The van der Waals surface area contributed by atoms with Crippen LogP contribution in [0.2, 0.25) is 0 Å².